The van der Waals surface area contributed by atoms with Gasteiger partial charge in [0.25, 0.3) is 5.91 Å². The molecule has 3 aromatic rings. The van der Waals surface area contributed by atoms with Gasteiger partial charge in [0, 0.05) is 18.8 Å². The molecule has 0 atom stereocenters. The van der Waals surface area contributed by atoms with E-state index in [1.54, 1.807) is 42.5 Å². The largest absolute Gasteiger partial charge is 0.435 e. The summed E-state index contributed by atoms with van der Waals surface area (Å²) < 4.78 is 42.1. The smallest absolute Gasteiger partial charge is 0.387 e. The minimum Gasteiger partial charge on any atom is -0.435 e. The monoisotopic (exact) mass is 457 g/mol. The number of carbonyl (C=O) groups excluding carboxylic acids is 2. The molecular formula is C24H22F3N3O3. The third kappa shape index (κ3) is 7.57. The maximum Gasteiger partial charge on any atom is 0.387 e. The standard InChI is InChI=1S/C24H22F3N3O3/c25-17-5-3-4-16(14-17)15-22(31)28-12-13-29-23(32)20-6-1-2-7-21(20)30-18-8-10-19(11-9-18)33-24(26)27/h1-11,14,24,30H,12-13,15H2,(H,28,31)(H,29,32). The van der Waals surface area contributed by atoms with Crippen LogP contribution in [0.3, 0.4) is 0 Å². The van der Waals surface area contributed by atoms with Crippen molar-refractivity contribution >= 4 is 23.2 Å². The van der Waals surface area contributed by atoms with Gasteiger partial charge in [-0.2, -0.15) is 8.78 Å². The molecule has 0 fully saturated rings. The Labute approximate surface area is 188 Å². The molecule has 3 rings (SSSR count). The van der Waals surface area contributed by atoms with Crippen LogP contribution >= 0.6 is 0 Å². The van der Waals surface area contributed by atoms with E-state index in [4.69, 9.17) is 0 Å². The van der Waals surface area contributed by atoms with Gasteiger partial charge >= 0.3 is 6.61 Å². The van der Waals surface area contributed by atoms with Crippen molar-refractivity contribution in [1.82, 2.24) is 10.6 Å². The zero-order chi connectivity index (χ0) is 23.6. The van der Waals surface area contributed by atoms with Gasteiger partial charge in [-0.15, -0.1) is 0 Å². The third-order valence-corrected chi connectivity index (χ3v) is 4.52. The Balaban J connectivity index is 1.49. The van der Waals surface area contributed by atoms with Crippen molar-refractivity contribution in [2.75, 3.05) is 18.4 Å². The highest BCUT2D eigenvalue weighted by atomic mass is 19.3. The van der Waals surface area contributed by atoms with Gasteiger partial charge in [-0.3, -0.25) is 9.59 Å². The maximum atomic E-state index is 13.2. The van der Waals surface area contributed by atoms with Crippen molar-refractivity contribution in [3.05, 3.63) is 89.7 Å². The van der Waals surface area contributed by atoms with Crippen molar-refractivity contribution in [3.63, 3.8) is 0 Å². The summed E-state index contributed by atoms with van der Waals surface area (Å²) in [7, 11) is 0. The van der Waals surface area contributed by atoms with E-state index in [0.29, 0.717) is 22.5 Å². The van der Waals surface area contributed by atoms with E-state index >= 15 is 0 Å². The Bertz CT molecular complexity index is 1090. The summed E-state index contributed by atoms with van der Waals surface area (Å²) in [5, 5.41) is 8.47. The molecule has 3 N–H and O–H groups in total. The molecule has 0 spiro atoms. The fourth-order valence-electron chi connectivity index (χ4n) is 3.03. The first-order valence-electron chi connectivity index (χ1n) is 10.1. The van der Waals surface area contributed by atoms with E-state index in [0.717, 1.165) is 0 Å². The number of ether oxygens (including phenoxy) is 1. The topological polar surface area (TPSA) is 79.5 Å². The fourth-order valence-corrected chi connectivity index (χ4v) is 3.03. The molecule has 2 amide bonds. The number of amides is 2. The van der Waals surface area contributed by atoms with Gasteiger partial charge in [0.15, 0.2) is 0 Å². The second kappa shape index (κ2) is 11.6. The summed E-state index contributed by atoms with van der Waals surface area (Å²) in [6, 6.07) is 18.5. The van der Waals surface area contributed by atoms with E-state index in [1.165, 1.54) is 30.3 Å². The predicted octanol–water partition coefficient (Wildman–Crippen LogP) is 4.26. The summed E-state index contributed by atoms with van der Waals surface area (Å²) in [5.74, 6) is -1.01. The molecule has 33 heavy (non-hydrogen) atoms. The van der Waals surface area contributed by atoms with Gasteiger partial charge in [0.05, 0.1) is 17.7 Å². The molecule has 0 aromatic heterocycles. The van der Waals surface area contributed by atoms with Crippen molar-refractivity contribution < 1.29 is 27.5 Å². The number of benzene rings is 3. The Morgan fingerprint density at radius 3 is 2.33 bits per heavy atom. The summed E-state index contributed by atoms with van der Waals surface area (Å²) in [4.78, 5) is 24.6. The SMILES string of the molecule is O=C(Cc1cccc(F)c1)NCCNC(=O)c1ccccc1Nc1ccc(OC(F)F)cc1. The predicted molar refractivity (Wildman–Crippen MR) is 118 cm³/mol. The molecule has 0 aliphatic carbocycles. The lowest BCUT2D eigenvalue weighted by atomic mass is 10.1. The molecule has 0 aliphatic heterocycles. The van der Waals surface area contributed by atoms with Crippen LogP contribution in [0.5, 0.6) is 5.75 Å². The summed E-state index contributed by atoms with van der Waals surface area (Å²) in [6.45, 7) is -2.50. The highest BCUT2D eigenvalue weighted by molar-refractivity contribution is 6.00. The van der Waals surface area contributed by atoms with Crippen LogP contribution in [0.2, 0.25) is 0 Å². The molecule has 0 heterocycles. The number of hydrogen-bond acceptors (Lipinski definition) is 4. The fraction of sp³-hybridized carbons (Fsp3) is 0.167. The first-order chi connectivity index (χ1) is 15.9. The van der Waals surface area contributed by atoms with E-state index < -0.39 is 12.4 Å². The van der Waals surface area contributed by atoms with Gasteiger partial charge in [-0.25, -0.2) is 4.39 Å². The molecule has 3 aromatic carbocycles. The second-order valence-electron chi connectivity index (χ2n) is 6.99. The van der Waals surface area contributed by atoms with Gasteiger partial charge in [-0.05, 0) is 54.1 Å². The Kier molecular flexibility index (Phi) is 8.29. The van der Waals surface area contributed by atoms with Crippen molar-refractivity contribution in [1.29, 1.82) is 0 Å². The lowest BCUT2D eigenvalue weighted by molar-refractivity contribution is -0.120. The van der Waals surface area contributed by atoms with Crippen molar-refractivity contribution in [2.45, 2.75) is 13.0 Å². The number of nitrogens with one attached hydrogen (secondary N) is 3. The van der Waals surface area contributed by atoms with Crippen LogP contribution in [0.25, 0.3) is 0 Å². The number of rotatable bonds is 10. The molecule has 0 saturated heterocycles. The quantitative estimate of drug-likeness (QED) is 0.398. The number of para-hydroxylation sites is 1. The number of halogens is 3. The Hall–Kier alpha value is -4.01. The molecule has 0 bridgehead atoms. The van der Waals surface area contributed by atoms with Crippen LogP contribution in [0, 0.1) is 5.82 Å². The normalized spacial score (nSPS) is 10.5. The second-order valence-corrected chi connectivity index (χ2v) is 6.99. The number of carbonyl (C=O) groups is 2. The van der Waals surface area contributed by atoms with Crippen molar-refractivity contribution in [2.24, 2.45) is 0 Å². The Morgan fingerprint density at radius 2 is 1.61 bits per heavy atom. The molecule has 0 saturated carbocycles. The third-order valence-electron chi connectivity index (χ3n) is 4.52. The minimum absolute atomic E-state index is 0.0287. The molecule has 9 heteroatoms. The average molecular weight is 457 g/mol. The van der Waals surface area contributed by atoms with E-state index in [1.807, 2.05) is 0 Å². The maximum absolute atomic E-state index is 13.2. The van der Waals surface area contributed by atoms with Gasteiger partial charge in [-0.1, -0.05) is 24.3 Å². The number of alkyl halides is 2. The van der Waals surface area contributed by atoms with Gasteiger partial charge in [0.1, 0.15) is 11.6 Å². The van der Waals surface area contributed by atoms with E-state index in [2.05, 4.69) is 20.7 Å². The number of anilines is 2. The lowest BCUT2D eigenvalue weighted by Gasteiger charge is -2.13. The molecule has 0 unspecified atom stereocenters. The highest BCUT2D eigenvalue weighted by Crippen LogP contribution is 2.23. The molecular weight excluding hydrogens is 435 g/mol. The first-order valence-corrected chi connectivity index (χ1v) is 10.1. The van der Waals surface area contributed by atoms with Crippen LogP contribution < -0.4 is 20.7 Å². The first kappa shape index (κ1) is 23.6. The molecule has 172 valence electrons. The van der Waals surface area contributed by atoms with Gasteiger partial charge in [0.2, 0.25) is 5.91 Å². The average Bonchev–Trinajstić information content (AvgIpc) is 2.78. The lowest BCUT2D eigenvalue weighted by Crippen LogP contribution is -2.35. The van der Waals surface area contributed by atoms with Gasteiger partial charge < -0.3 is 20.7 Å². The van der Waals surface area contributed by atoms with Crippen LogP contribution in [-0.4, -0.2) is 31.5 Å². The summed E-state index contributed by atoms with van der Waals surface area (Å²) in [6.07, 6.45) is 0.0413. The van der Waals surface area contributed by atoms with Crippen LogP contribution in [0.15, 0.2) is 72.8 Å². The van der Waals surface area contributed by atoms with Crippen LogP contribution in [0.4, 0.5) is 24.5 Å². The molecule has 6 nitrogen and oxygen atoms in total. The van der Waals surface area contributed by atoms with Crippen LogP contribution in [0.1, 0.15) is 15.9 Å². The zero-order valence-corrected chi connectivity index (χ0v) is 17.5. The van der Waals surface area contributed by atoms with E-state index in [9.17, 15) is 22.8 Å². The molecule has 0 aliphatic rings. The van der Waals surface area contributed by atoms with Crippen LogP contribution in [-0.2, 0) is 11.2 Å². The zero-order valence-electron chi connectivity index (χ0n) is 17.5. The number of hydrogen-bond donors (Lipinski definition) is 3. The highest BCUT2D eigenvalue weighted by Gasteiger charge is 2.12. The van der Waals surface area contributed by atoms with E-state index in [-0.39, 0.29) is 37.1 Å². The minimum atomic E-state index is -2.90. The summed E-state index contributed by atoms with van der Waals surface area (Å²) >= 11 is 0. The molecule has 0 radical (unpaired) electrons. The summed E-state index contributed by atoms with van der Waals surface area (Å²) in [5.41, 5.74) is 2.04. The van der Waals surface area contributed by atoms with Crippen molar-refractivity contribution in [3.8, 4) is 5.75 Å². The Morgan fingerprint density at radius 1 is 0.879 bits per heavy atom.